The molecule has 1 aromatic carbocycles. The second-order valence-corrected chi connectivity index (χ2v) is 11.3. The molecule has 1 atom stereocenters. The summed E-state index contributed by atoms with van der Waals surface area (Å²) in [5, 5.41) is 13.7. The predicted octanol–water partition coefficient (Wildman–Crippen LogP) is 6.42. The van der Waals surface area contributed by atoms with Gasteiger partial charge in [-0.1, -0.05) is 39.8 Å². The van der Waals surface area contributed by atoms with Crippen molar-refractivity contribution in [2.45, 2.75) is 73.6 Å². The van der Waals surface area contributed by atoms with Crippen LogP contribution in [0.5, 0.6) is 5.75 Å². The number of ether oxygens (including phenoxy) is 1. The first-order chi connectivity index (χ1) is 15.8. The number of aliphatic hydroxyl groups excluding tert-OH is 1. The van der Waals surface area contributed by atoms with Crippen LogP contribution in [0.4, 0.5) is 0 Å². The molecule has 2 heterocycles. The quantitative estimate of drug-likeness (QED) is 0.413. The summed E-state index contributed by atoms with van der Waals surface area (Å²) in [6.07, 6.45) is 5.26. The highest BCUT2D eigenvalue weighted by Crippen LogP contribution is 2.45. The summed E-state index contributed by atoms with van der Waals surface area (Å²) in [6.45, 7) is 13.7. The molecule has 5 nitrogen and oxygen atoms in total. The van der Waals surface area contributed by atoms with E-state index < -0.39 is 0 Å². The Hall–Kier alpha value is -2.18. The van der Waals surface area contributed by atoms with Gasteiger partial charge in [-0.2, -0.15) is 4.98 Å². The lowest BCUT2D eigenvalue weighted by molar-refractivity contribution is 0.173. The van der Waals surface area contributed by atoms with Gasteiger partial charge in [0.1, 0.15) is 5.75 Å². The van der Waals surface area contributed by atoms with E-state index in [1.807, 2.05) is 25.2 Å². The van der Waals surface area contributed by atoms with Crippen LogP contribution < -0.4 is 4.74 Å². The van der Waals surface area contributed by atoms with Crippen LogP contribution in [0, 0.1) is 18.3 Å². The third kappa shape index (κ3) is 4.87. The molecule has 0 saturated carbocycles. The largest absolute Gasteiger partial charge is 0.493 e. The van der Waals surface area contributed by atoms with Gasteiger partial charge in [-0.05, 0) is 78.8 Å². The number of fused-ring (bicyclic) bond motifs is 1. The summed E-state index contributed by atoms with van der Waals surface area (Å²) < 4.78 is 11.9. The monoisotopic (exact) mass is 468 g/mol. The number of aromatic nitrogens is 2. The van der Waals surface area contributed by atoms with Gasteiger partial charge in [0.2, 0.25) is 5.82 Å². The molecule has 1 aliphatic rings. The van der Waals surface area contributed by atoms with Gasteiger partial charge in [-0.3, -0.25) is 0 Å². The van der Waals surface area contributed by atoms with Crippen LogP contribution in [0.1, 0.15) is 68.2 Å². The molecule has 1 N–H and O–H groups in total. The molecular formula is C27H36N2O3S. The van der Waals surface area contributed by atoms with Crippen molar-refractivity contribution in [1.82, 2.24) is 10.1 Å². The highest BCUT2D eigenvalue weighted by molar-refractivity contribution is 7.15. The average molecular weight is 469 g/mol. The highest BCUT2D eigenvalue weighted by atomic mass is 32.1. The lowest BCUT2D eigenvalue weighted by Gasteiger charge is -2.30. The average Bonchev–Trinajstić information content (AvgIpc) is 3.41. The lowest BCUT2D eigenvalue weighted by atomic mass is 9.74. The minimum Gasteiger partial charge on any atom is -0.493 e. The lowest BCUT2D eigenvalue weighted by Crippen LogP contribution is -2.22. The van der Waals surface area contributed by atoms with Crippen molar-refractivity contribution in [2.75, 3.05) is 13.2 Å². The molecule has 2 aromatic heterocycles. The summed E-state index contributed by atoms with van der Waals surface area (Å²) >= 11 is 1.83. The van der Waals surface area contributed by atoms with Crippen molar-refractivity contribution in [1.29, 1.82) is 0 Å². The molecule has 0 spiro atoms. The van der Waals surface area contributed by atoms with Crippen LogP contribution in [-0.4, -0.2) is 28.5 Å². The molecule has 6 heteroatoms. The fourth-order valence-electron chi connectivity index (χ4n) is 4.67. The van der Waals surface area contributed by atoms with Gasteiger partial charge < -0.3 is 14.4 Å². The zero-order valence-corrected chi connectivity index (χ0v) is 21.6. The van der Waals surface area contributed by atoms with Gasteiger partial charge in [0, 0.05) is 23.0 Å². The van der Waals surface area contributed by atoms with Gasteiger partial charge in [0.05, 0.1) is 11.5 Å². The van der Waals surface area contributed by atoms with E-state index in [4.69, 9.17) is 14.2 Å². The maximum absolute atomic E-state index is 9.31. The summed E-state index contributed by atoms with van der Waals surface area (Å²) in [5.41, 5.74) is 6.39. The summed E-state index contributed by atoms with van der Waals surface area (Å²) in [7, 11) is 0. The van der Waals surface area contributed by atoms with Gasteiger partial charge in [0.25, 0.3) is 5.89 Å². The molecule has 3 aromatic rings. The highest BCUT2D eigenvalue weighted by Gasteiger charge is 2.32. The molecule has 178 valence electrons. The van der Waals surface area contributed by atoms with Gasteiger partial charge in [-0.25, -0.2) is 0 Å². The van der Waals surface area contributed by atoms with E-state index in [1.165, 1.54) is 22.4 Å². The second kappa shape index (κ2) is 9.59. The molecule has 0 aliphatic heterocycles. The fraction of sp³-hybridized carbons (Fsp3) is 0.556. The number of rotatable bonds is 8. The SMILES string of the molecule is CCc1cc(-c2noc(-c3sc(CC)c4c3CCC(C)(C)C4)n2)cc(C)c1OC[C@@H](C)CO. The van der Waals surface area contributed by atoms with Gasteiger partial charge in [-0.15, -0.1) is 11.3 Å². The van der Waals surface area contributed by atoms with Crippen LogP contribution in [0.15, 0.2) is 16.7 Å². The molecule has 0 amide bonds. The van der Waals surface area contributed by atoms with Gasteiger partial charge >= 0.3 is 0 Å². The molecule has 33 heavy (non-hydrogen) atoms. The van der Waals surface area contributed by atoms with E-state index in [0.29, 0.717) is 23.7 Å². The maximum Gasteiger partial charge on any atom is 0.268 e. The fourth-order valence-corrected chi connectivity index (χ4v) is 5.89. The second-order valence-electron chi connectivity index (χ2n) is 10.2. The maximum atomic E-state index is 9.31. The molecule has 1 aliphatic carbocycles. The van der Waals surface area contributed by atoms with Crippen molar-refractivity contribution >= 4 is 11.3 Å². The number of aliphatic hydroxyl groups is 1. The van der Waals surface area contributed by atoms with Crippen LogP contribution in [0.3, 0.4) is 0 Å². The zero-order chi connectivity index (χ0) is 23.8. The van der Waals surface area contributed by atoms with Crippen molar-refractivity contribution in [3.05, 3.63) is 39.3 Å². The van der Waals surface area contributed by atoms with Crippen molar-refractivity contribution in [3.63, 3.8) is 0 Å². The van der Waals surface area contributed by atoms with Gasteiger partial charge in [0.15, 0.2) is 0 Å². The van der Waals surface area contributed by atoms with E-state index in [0.717, 1.165) is 53.0 Å². The Bertz CT molecular complexity index is 1130. The third-order valence-corrected chi connectivity index (χ3v) is 8.07. The summed E-state index contributed by atoms with van der Waals surface area (Å²) in [5.74, 6) is 2.25. The Morgan fingerprint density at radius 1 is 1.21 bits per heavy atom. The van der Waals surface area contributed by atoms with Crippen LogP contribution in [0.2, 0.25) is 0 Å². The van der Waals surface area contributed by atoms with E-state index in [-0.39, 0.29) is 12.5 Å². The molecule has 4 rings (SSSR count). The van der Waals surface area contributed by atoms with Crippen molar-refractivity contribution in [3.8, 4) is 27.9 Å². The first-order valence-corrected chi connectivity index (χ1v) is 12.9. The van der Waals surface area contributed by atoms with Crippen molar-refractivity contribution < 1.29 is 14.4 Å². The molecule has 0 radical (unpaired) electrons. The first-order valence-electron chi connectivity index (χ1n) is 12.1. The molecule has 0 bridgehead atoms. The van der Waals surface area contributed by atoms with Crippen LogP contribution in [0.25, 0.3) is 22.2 Å². The molecule has 0 fully saturated rings. The Balaban J connectivity index is 1.66. The Morgan fingerprint density at radius 2 is 2.00 bits per heavy atom. The predicted molar refractivity (Wildman–Crippen MR) is 134 cm³/mol. The normalized spacial score (nSPS) is 16.0. The number of nitrogens with zero attached hydrogens (tertiary/aromatic N) is 2. The number of thiophene rings is 1. The topological polar surface area (TPSA) is 68.4 Å². The van der Waals surface area contributed by atoms with E-state index in [9.17, 15) is 5.11 Å². The minimum atomic E-state index is 0.101. The Kier molecular flexibility index (Phi) is 6.96. The first kappa shape index (κ1) is 24.0. The Morgan fingerprint density at radius 3 is 2.70 bits per heavy atom. The number of aryl methyl sites for hydroxylation is 3. The zero-order valence-electron chi connectivity index (χ0n) is 20.7. The van der Waals surface area contributed by atoms with E-state index >= 15 is 0 Å². The molecular weight excluding hydrogens is 432 g/mol. The molecule has 0 unspecified atom stereocenters. The number of hydrogen-bond acceptors (Lipinski definition) is 6. The van der Waals surface area contributed by atoms with E-state index in [2.05, 4.69) is 45.0 Å². The summed E-state index contributed by atoms with van der Waals surface area (Å²) in [6, 6.07) is 4.17. The number of benzene rings is 1. The van der Waals surface area contributed by atoms with Crippen molar-refractivity contribution in [2.24, 2.45) is 11.3 Å². The molecule has 0 saturated heterocycles. The standard InChI is InChI=1S/C27H36N2O3S/c1-7-18-12-19(11-17(4)23(18)31-15-16(3)14-30)25-28-26(32-29-25)24-20-9-10-27(5,6)13-21(20)22(8-2)33-24/h11-12,16,30H,7-10,13-15H2,1-6H3/t16-/m0/s1. The number of hydrogen-bond donors (Lipinski definition) is 1. The minimum absolute atomic E-state index is 0.101. The van der Waals surface area contributed by atoms with E-state index in [1.54, 1.807) is 0 Å². The Labute approximate surface area is 201 Å². The third-order valence-electron chi connectivity index (χ3n) is 6.66. The van der Waals surface area contributed by atoms with Crippen LogP contribution in [-0.2, 0) is 25.7 Å². The smallest absolute Gasteiger partial charge is 0.268 e. The van der Waals surface area contributed by atoms with Crippen LogP contribution >= 0.6 is 11.3 Å². The summed E-state index contributed by atoms with van der Waals surface area (Å²) in [4.78, 5) is 7.44.